The van der Waals surface area contributed by atoms with Crippen molar-refractivity contribution >= 4 is 11.5 Å². The number of rotatable bonds is 7. The Kier molecular flexibility index (Phi) is 5.83. The van der Waals surface area contributed by atoms with E-state index in [1.165, 1.54) is 6.42 Å². The third-order valence-electron chi connectivity index (χ3n) is 3.33. The van der Waals surface area contributed by atoms with E-state index in [1.54, 1.807) is 0 Å². The van der Waals surface area contributed by atoms with E-state index in [1.807, 2.05) is 25.3 Å². The van der Waals surface area contributed by atoms with Crippen molar-refractivity contribution in [2.45, 2.75) is 40.5 Å². The van der Waals surface area contributed by atoms with Gasteiger partial charge in [0, 0.05) is 19.5 Å². The van der Waals surface area contributed by atoms with E-state index in [4.69, 9.17) is 0 Å². The van der Waals surface area contributed by atoms with Crippen LogP contribution >= 0.6 is 0 Å². The first-order valence-corrected chi connectivity index (χ1v) is 6.86. The summed E-state index contributed by atoms with van der Waals surface area (Å²) in [6.45, 7) is 10.5. The molecule has 1 unspecified atom stereocenters. The number of hydrogen-bond donors (Lipinski definition) is 0. The SMILES string of the molecule is CCC(=O)c1ccc(N(CC)CC(C)CC)cn1. The molecule has 1 heterocycles. The van der Waals surface area contributed by atoms with Crippen LogP contribution in [0.1, 0.15) is 51.0 Å². The monoisotopic (exact) mass is 248 g/mol. The van der Waals surface area contributed by atoms with Crippen molar-refractivity contribution < 1.29 is 4.79 Å². The molecule has 1 atom stereocenters. The smallest absolute Gasteiger partial charge is 0.180 e. The molecule has 0 saturated heterocycles. The predicted molar refractivity (Wildman–Crippen MR) is 76.2 cm³/mol. The summed E-state index contributed by atoms with van der Waals surface area (Å²) in [6.07, 6.45) is 3.50. The highest BCUT2D eigenvalue weighted by Gasteiger charge is 2.10. The van der Waals surface area contributed by atoms with Crippen molar-refractivity contribution in [1.29, 1.82) is 0 Å². The van der Waals surface area contributed by atoms with E-state index in [-0.39, 0.29) is 5.78 Å². The van der Waals surface area contributed by atoms with Gasteiger partial charge in [0.1, 0.15) is 5.69 Å². The number of nitrogens with zero attached hydrogens (tertiary/aromatic N) is 2. The lowest BCUT2D eigenvalue weighted by atomic mass is 10.1. The first kappa shape index (κ1) is 14.7. The van der Waals surface area contributed by atoms with Gasteiger partial charge in [-0.05, 0) is 25.0 Å². The zero-order chi connectivity index (χ0) is 13.5. The molecular weight excluding hydrogens is 224 g/mol. The molecule has 3 nitrogen and oxygen atoms in total. The van der Waals surface area contributed by atoms with Gasteiger partial charge in [0.2, 0.25) is 0 Å². The minimum atomic E-state index is 0.103. The Labute approximate surface area is 110 Å². The van der Waals surface area contributed by atoms with Crippen molar-refractivity contribution in [3.8, 4) is 0 Å². The minimum absolute atomic E-state index is 0.103. The number of anilines is 1. The lowest BCUT2D eigenvalue weighted by Gasteiger charge is -2.25. The Balaban J connectivity index is 2.78. The van der Waals surface area contributed by atoms with Crippen LogP contribution in [0.4, 0.5) is 5.69 Å². The van der Waals surface area contributed by atoms with E-state index >= 15 is 0 Å². The average Bonchev–Trinajstić information content (AvgIpc) is 2.43. The van der Waals surface area contributed by atoms with Gasteiger partial charge in [-0.3, -0.25) is 9.78 Å². The fourth-order valence-corrected chi connectivity index (χ4v) is 1.84. The summed E-state index contributed by atoms with van der Waals surface area (Å²) in [6, 6.07) is 3.84. The van der Waals surface area contributed by atoms with Crippen LogP contribution in [0, 0.1) is 5.92 Å². The van der Waals surface area contributed by atoms with Gasteiger partial charge in [-0.2, -0.15) is 0 Å². The summed E-state index contributed by atoms with van der Waals surface area (Å²) in [7, 11) is 0. The summed E-state index contributed by atoms with van der Waals surface area (Å²) >= 11 is 0. The molecule has 0 amide bonds. The number of Topliss-reactive ketones (excluding diaryl/α,β-unsaturated/α-hetero) is 1. The number of aromatic nitrogens is 1. The van der Waals surface area contributed by atoms with Crippen molar-refractivity contribution in [2.75, 3.05) is 18.0 Å². The Morgan fingerprint density at radius 2 is 2.06 bits per heavy atom. The molecule has 0 aliphatic carbocycles. The highest BCUT2D eigenvalue weighted by atomic mass is 16.1. The Bertz CT molecular complexity index is 373. The minimum Gasteiger partial charge on any atom is -0.370 e. The maximum absolute atomic E-state index is 11.5. The molecule has 1 rings (SSSR count). The molecular formula is C15H24N2O. The summed E-state index contributed by atoms with van der Waals surface area (Å²) in [5, 5.41) is 0. The molecule has 0 saturated carbocycles. The van der Waals surface area contributed by atoms with Gasteiger partial charge in [-0.15, -0.1) is 0 Å². The molecule has 0 spiro atoms. The molecule has 0 aliphatic rings. The molecule has 0 bridgehead atoms. The standard InChI is InChI=1S/C15H24N2O/c1-5-12(4)11-17(7-3)13-8-9-14(16-10-13)15(18)6-2/h8-10,12H,5-7,11H2,1-4H3. The third-order valence-corrected chi connectivity index (χ3v) is 3.33. The maximum atomic E-state index is 11.5. The molecule has 100 valence electrons. The van der Waals surface area contributed by atoms with Crippen molar-refractivity contribution in [2.24, 2.45) is 5.92 Å². The summed E-state index contributed by atoms with van der Waals surface area (Å²) in [5.74, 6) is 0.772. The summed E-state index contributed by atoms with van der Waals surface area (Å²) in [4.78, 5) is 18.1. The predicted octanol–water partition coefficient (Wildman–Crippen LogP) is 3.55. The molecule has 18 heavy (non-hydrogen) atoms. The van der Waals surface area contributed by atoms with Crippen LogP contribution in [0.2, 0.25) is 0 Å². The van der Waals surface area contributed by atoms with Crippen LogP contribution in [0.3, 0.4) is 0 Å². The fourth-order valence-electron chi connectivity index (χ4n) is 1.84. The van der Waals surface area contributed by atoms with Crippen LogP contribution in [-0.4, -0.2) is 23.9 Å². The average molecular weight is 248 g/mol. The second kappa shape index (κ2) is 7.14. The van der Waals surface area contributed by atoms with Gasteiger partial charge in [0.25, 0.3) is 0 Å². The van der Waals surface area contributed by atoms with Crippen LogP contribution in [0.15, 0.2) is 18.3 Å². The number of hydrogen-bond acceptors (Lipinski definition) is 3. The van der Waals surface area contributed by atoms with Gasteiger partial charge < -0.3 is 4.90 Å². The van der Waals surface area contributed by atoms with Crippen molar-refractivity contribution in [1.82, 2.24) is 4.98 Å². The van der Waals surface area contributed by atoms with E-state index < -0.39 is 0 Å². The molecule has 0 radical (unpaired) electrons. The summed E-state index contributed by atoms with van der Waals surface area (Å²) < 4.78 is 0. The molecule has 0 N–H and O–H groups in total. The van der Waals surface area contributed by atoms with E-state index in [2.05, 4.69) is 30.7 Å². The number of ketones is 1. The first-order chi connectivity index (χ1) is 8.62. The second-order valence-corrected chi connectivity index (χ2v) is 4.73. The van der Waals surface area contributed by atoms with Gasteiger partial charge in [-0.25, -0.2) is 0 Å². The highest BCUT2D eigenvalue weighted by molar-refractivity contribution is 5.94. The summed E-state index contributed by atoms with van der Waals surface area (Å²) in [5.41, 5.74) is 1.67. The Hall–Kier alpha value is -1.38. The Morgan fingerprint density at radius 1 is 1.33 bits per heavy atom. The first-order valence-electron chi connectivity index (χ1n) is 6.86. The van der Waals surface area contributed by atoms with Crippen LogP contribution in [0.25, 0.3) is 0 Å². The third kappa shape index (κ3) is 3.83. The topological polar surface area (TPSA) is 33.2 Å². The quantitative estimate of drug-likeness (QED) is 0.692. The highest BCUT2D eigenvalue weighted by Crippen LogP contribution is 2.16. The fraction of sp³-hybridized carbons (Fsp3) is 0.600. The number of carbonyl (C=O) groups excluding carboxylic acids is 1. The molecule has 0 fully saturated rings. The Morgan fingerprint density at radius 3 is 2.50 bits per heavy atom. The van der Waals surface area contributed by atoms with Gasteiger partial charge >= 0.3 is 0 Å². The van der Waals surface area contributed by atoms with Gasteiger partial charge in [0.15, 0.2) is 5.78 Å². The second-order valence-electron chi connectivity index (χ2n) is 4.73. The van der Waals surface area contributed by atoms with Crippen LogP contribution in [-0.2, 0) is 0 Å². The molecule has 0 aromatic carbocycles. The van der Waals surface area contributed by atoms with Crippen molar-refractivity contribution in [3.05, 3.63) is 24.0 Å². The van der Waals surface area contributed by atoms with Crippen LogP contribution < -0.4 is 4.90 Å². The molecule has 1 aromatic heterocycles. The van der Waals surface area contributed by atoms with E-state index in [0.717, 1.165) is 18.8 Å². The molecule has 1 aromatic rings. The zero-order valence-corrected chi connectivity index (χ0v) is 11.9. The maximum Gasteiger partial charge on any atom is 0.180 e. The number of pyridine rings is 1. The number of carbonyl (C=O) groups is 1. The van der Waals surface area contributed by atoms with Gasteiger partial charge in [-0.1, -0.05) is 27.2 Å². The lowest BCUT2D eigenvalue weighted by Crippen LogP contribution is -2.28. The normalized spacial score (nSPS) is 12.2. The van der Waals surface area contributed by atoms with Crippen molar-refractivity contribution in [3.63, 3.8) is 0 Å². The van der Waals surface area contributed by atoms with E-state index in [0.29, 0.717) is 18.0 Å². The molecule has 3 heteroatoms. The lowest BCUT2D eigenvalue weighted by molar-refractivity contribution is 0.0983. The van der Waals surface area contributed by atoms with Crippen LogP contribution in [0.5, 0.6) is 0 Å². The largest absolute Gasteiger partial charge is 0.370 e. The zero-order valence-electron chi connectivity index (χ0n) is 11.9. The van der Waals surface area contributed by atoms with E-state index in [9.17, 15) is 4.79 Å². The molecule has 0 aliphatic heterocycles. The van der Waals surface area contributed by atoms with Gasteiger partial charge in [0.05, 0.1) is 11.9 Å².